The fourth-order valence-corrected chi connectivity index (χ4v) is 4.39. The number of benzene rings is 1. The van der Waals surface area contributed by atoms with E-state index in [1.165, 1.54) is 5.56 Å². The third kappa shape index (κ3) is 9.14. The van der Waals surface area contributed by atoms with Crippen LogP contribution in [0.3, 0.4) is 0 Å². The Kier molecular flexibility index (Phi) is 10.8. The van der Waals surface area contributed by atoms with Crippen LogP contribution in [0, 0.1) is 5.92 Å². The Balaban J connectivity index is 2.44. The van der Waals surface area contributed by atoms with Crippen molar-refractivity contribution in [3.63, 3.8) is 0 Å². The Hall–Kier alpha value is -2.57. The zero-order chi connectivity index (χ0) is 27.0. The van der Waals surface area contributed by atoms with E-state index in [2.05, 4.69) is 24.5 Å². The normalized spacial score (nSPS) is 16.1. The molecule has 7 heteroatoms. The van der Waals surface area contributed by atoms with E-state index in [9.17, 15) is 14.4 Å². The summed E-state index contributed by atoms with van der Waals surface area (Å²) in [6.45, 7) is 15.6. The molecule has 2 N–H and O–H groups in total. The lowest BCUT2D eigenvalue weighted by atomic mass is 9.97. The van der Waals surface area contributed by atoms with Gasteiger partial charge in [-0.25, -0.2) is 4.79 Å². The minimum atomic E-state index is -0.779. The Morgan fingerprint density at radius 1 is 1.03 bits per heavy atom. The minimum Gasteiger partial charge on any atom is -0.444 e. The van der Waals surface area contributed by atoms with Crippen LogP contribution in [0.5, 0.6) is 0 Å². The molecule has 0 radical (unpaired) electrons. The quantitative estimate of drug-likeness (QED) is 0.394. The first-order valence-corrected chi connectivity index (χ1v) is 13.6. The smallest absolute Gasteiger partial charge is 0.408 e. The fourth-order valence-electron chi connectivity index (χ4n) is 4.39. The van der Waals surface area contributed by atoms with Gasteiger partial charge in [0.05, 0.1) is 0 Å². The third-order valence-corrected chi connectivity index (χ3v) is 6.23. The summed E-state index contributed by atoms with van der Waals surface area (Å²) >= 11 is 0. The summed E-state index contributed by atoms with van der Waals surface area (Å²) in [5.74, 6) is -0.253. The molecule has 1 aromatic rings. The van der Waals surface area contributed by atoms with Crippen LogP contribution in [-0.2, 0) is 20.7 Å². The highest BCUT2D eigenvalue weighted by atomic mass is 16.6. The van der Waals surface area contributed by atoms with Gasteiger partial charge in [0.1, 0.15) is 17.7 Å². The lowest BCUT2D eigenvalue weighted by Gasteiger charge is -2.35. The van der Waals surface area contributed by atoms with Gasteiger partial charge in [0.25, 0.3) is 0 Å². The predicted molar refractivity (Wildman–Crippen MR) is 144 cm³/mol. The van der Waals surface area contributed by atoms with Crippen molar-refractivity contribution in [2.24, 2.45) is 5.92 Å². The molecule has 1 aliphatic rings. The van der Waals surface area contributed by atoms with E-state index in [4.69, 9.17) is 4.74 Å². The summed E-state index contributed by atoms with van der Waals surface area (Å²) in [4.78, 5) is 42.2. The second kappa shape index (κ2) is 13.1. The van der Waals surface area contributed by atoms with Gasteiger partial charge in [0, 0.05) is 12.1 Å². The summed E-state index contributed by atoms with van der Waals surface area (Å²) in [7, 11) is 0. The zero-order valence-electron chi connectivity index (χ0n) is 23.5. The van der Waals surface area contributed by atoms with Crippen molar-refractivity contribution in [3.05, 3.63) is 35.4 Å². The Morgan fingerprint density at radius 3 is 2.11 bits per heavy atom. The van der Waals surface area contributed by atoms with Crippen LogP contribution in [0.4, 0.5) is 4.79 Å². The molecule has 7 nitrogen and oxygen atoms in total. The largest absolute Gasteiger partial charge is 0.444 e. The van der Waals surface area contributed by atoms with Crippen molar-refractivity contribution in [1.29, 1.82) is 0 Å². The number of amides is 3. The maximum absolute atomic E-state index is 14.1. The highest BCUT2D eigenvalue weighted by molar-refractivity contribution is 5.92. The molecular weight excluding hydrogens is 454 g/mol. The van der Waals surface area contributed by atoms with Gasteiger partial charge in [-0.2, -0.15) is 0 Å². The van der Waals surface area contributed by atoms with E-state index in [0.29, 0.717) is 6.42 Å². The molecule has 3 atom stereocenters. The molecule has 3 unspecified atom stereocenters. The molecule has 0 bridgehead atoms. The van der Waals surface area contributed by atoms with Gasteiger partial charge in [-0.05, 0) is 76.8 Å². The lowest BCUT2D eigenvalue weighted by Crippen LogP contribution is -2.54. The van der Waals surface area contributed by atoms with Gasteiger partial charge >= 0.3 is 6.09 Å². The summed E-state index contributed by atoms with van der Waals surface area (Å²) < 4.78 is 5.45. The number of alkyl carbamates (subject to hydrolysis) is 1. The molecule has 0 spiro atoms. The van der Waals surface area contributed by atoms with E-state index in [1.54, 1.807) is 25.7 Å². The van der Waals surface area contributed by atoms with Crippen molar-refractivity contribution in [3.8, 4) is 0 Å². The second-order valence-electron chi connectivity index (χ2n) is 11.5. The van der Waals surface area contributed by atoms with E-state index in [1.807, 2.05) is 45.0 Å². The van der Waals surface area contributed by atoms with Crippen LogP contribution in [0.2, 0.25) is 0 Å². The van der Waals surface area contributed by atoms with Crippen LogP contribution < -0.4 is 10.6 Å². The number of hydrogen-bond acceptors (Lipinski definition) is 4. The number of nitrogens with zero attached hydrogens (tertiary/aromatic N) is 1. The summed E-state index contributed by atoms with van der Waals surface area (Å²) in [5.41, 5.74) is 1.28. The number of aryl methyl sites for hydroxylation is 1. The lowest BCUT2D eigenvalue weighted by molar-refractivity contribution is -0.143. The van der Waals surface area contributed by atoms with E-state index < -0.39 is 23.8 Å². The number of rotatable bonds is 12. The van der Waals surface area contributed by atoms with Crippen LogP contribution >= 0.6 is 0 Å². The Labute approximate surface area is 217 Å². The molecule has 3 amide bonds. The fraction of sp³-hybridized carbons (Fsp3) is 0.690. The van der Waals surface area contributed by atoms with Crippen molar-refractivity contribution in [2.45, 2.75) is 124 Å². The maximum Gasteiger partial charge on any atom is 0.408 e. The molecule has 1 saturated carbocycles. The van der Waals surface area contributed by atoms with Gasteiger partial charge in [-0.3, -0.25) is 9.59 Å². The number of hydrogen-bond donors (Lipinski definition) is 2. The zero-order valence-corrected chi connectivity index (χ0v) is 23.5. The van der Waals surface area contributed by atoms with Crippen LogP contribution in [0.1, 0.15) is 105 Å². The van der Waals surface area contributed by atoms with Gasteiger partial charge in [0.2, 0.25) is 11.8 Å². The summed E-state index contributed by atoms with van der Waals surface area (Å²) in [6.07, 6.45) is 4.23. The number of nitrogens with one attached hydrogen (secondary N) is 2. The summed E-state index contributed by atoms with van der Waals surface area (Å²) in [6, 6.07) is 6.38. The molecule has 2 rings (SSSR count). The topological polar surface area (TPSA) is 87.7 Å². The number of carbonyl (C=O) groups is 3. The van der Waals surface area contributed by atoms with Crippen molar-refractivity contribution < 1.29 is 19.1 Å². The highest BCUT2D eigenvalue weighted by Gasteiger charge is 2.44. The predicted octanol–water partition coefficient (Wildman–Crippen LogP) is 5.53. The van der Waals surface area contributed by atoms with Crippen LogP contribution in [-0.4, -0.2) is 46.5 Å². The van der Waals surface area contributed by atoms with Crippen LogP contribution in [0.15, 0.2) is 24.3 Å². The van der Waals surface area contributed by atoms with Gasteiger partial charge < -0.3 is 20.3 Å². The Bertz CT molecular complexity index is 872. The molecule has 1 aromatic carbocycles. The summed E-state index contributed by atoms with van der Waals surface area (Å²) in [5, 5.41) is 5.94. The van der Waals surface area contributed by atoms with E-state index in [-0.39, 0.29) is 29.8 Å². The second-order valence-corrected chi connectivity index (χ2v) is 11.5. The van der Waals surface area contributed by atoms with Gasteiger partial charge in [0.15, 0.2) is 0 Å². The standard InChI is InChI=1S/C29H47N3O4/c1-9-11-20(5)30-26(33)25(22-14-12-21(10-2)13-15-22)32(23-16-17-23)27(34)24(18-19(3)4)31-28(35)36-29(6,7)8/h12-15,19-20,23-25H,9-11,16-18H2,1-8H3,(H,30,33)(H,31,35). The first kappa shape index (κ1) is 29.7. The average molecular weight is 502 g/mol. The van der Waals surface area contributed by atoms with Crippen molar-refractivity contribution >= 4 is 17.9 Å². The van der Waals surface area contributed by atoms with Gasteiger partial charge in [-0.15, -0.1) is 0 Å². The maximum atomic E-state index is 14.1. The number of ether oxygens (including phenoxy) is 1. The number of carbonyl (C=O) groups excluding carboxylic acids is 3. The molecule has 0 saturated heterocycles. The molecular formula is C29H47N3O4. The average Bonchev–Trinajstić information content (AvgIpc) is 3.60. The SMILES string of the molecule is CCCC(C)NC(=O)C(c1ccc(CC)cc1)N(C(=O)C(CC(C)C)NC(=O)OC(C)(C)C)C1CC1. The molecule has 1 aliphatic carbocycles. The molecule has 0 aromatic heterocycles. The molecule has 36 heavy (non-hydrogen) atoms. The van der Waals surface area contributed by atoms with E-state index >= 15 is 0 Å². The van der Waals surface area contributed by atoms with Gasteiger partial charge in [-0.1, -0.05) is 58.4 Å². The van der Waals surface area contributed by atoms with Crippen LogP contribution in [0.25, 0.3) is 0 Å². The molecule has 202 valence electrons. The van der Waals surface area contributed by atoms with Crippen molar-refractivity contribution in [2.75, 3.05) is 0 Å². The Morgan fingerprint density at radius 2 is 1.64 bits per heavy atom. The minimum absolute atomic E-state index is 0.00224. The molecule has 0 aliphatic heterocycles. The highest BCUT2D eigenvalue weighted by Crippen LogP contribution is 2.36. The monoisotopic (exact) mass is 501 g/mol. The van der Waals surface area contributed by atoms with Crippen molar-refractivity contribution in [1.82, 2.24) is 15.5 Å². The first-order chi connectivity index (χ1) is 16.9. The first-order valence-electron chi connectivity index (χ1n) is 13.6. The molecule has 0 heterocycles. The third-order valence-electron chi connectivity index (χ3n) is 6.23. The molecule has 1 fully saturated rings. The van der Waals surface area contributed by atoms with E-state index in [0.717, 1.165) is 37.7 Å².